The first-order valence-electron chi connectivity index (χ1n) is 4.74. The number of rotatable bonds is 4. The van der Waals surface area contributed by atoms with E-state index in [1.165, 1.54) is 6.07 Å². The highest BCUT2D eigenvalue weighted by Gasteiger charge is 2.33. The van der Waals surface area contributed by atoms with Crippen molar-refractivity contribution in [2.45, 2.75) is 12.8 Å². The van der Waals surface area contributed by atoms with Gasteiger partial charge in [-0.25, -0.2) is 0 Å². The molecule has 1 aromatic rings. The fourth-order valence-electron chi connectivity index (χ4n) is 1.34. The van der Waals surface area contributed by atoms with Crippen LogP contribution < -0.4 is 5.32 Å². The molecule has 0 aliphatic heterocycles. The highest BCUT2D eigenvalue weighted by molar-refractivity contribution is 6.27. The van der Waals surface area contributed by atoms with E-state index in [-0.39, 0.29) is 11.4 Å². The molecule has 88 valence electrons. The second kappa shape index (κ2) is 5.25. The summed E-state index contributed by atoms with van der Waals surface area (Å²) in [5, 5.41) is 2.08. The number of carbonyl (C=O) groups excluding carboxylic acids is 1. The van der Waals surface area contributed by atoms with Crippen LogP contribution in [0.1, 0.15) is 11.1 Å². The van der Waals surface area contributed by atoms with Crippen LogP contribution in [0.5, 0.6) is 0 Å². The first kappa shape index (κ1) is 12.9. The number of hydrogen-bond acceptors (Lipinski definition) is 1. The van der Waals surface area contributed by atoms with Crippen molar-refractivity contribution in [2.75, 3.05) is 12.4 Å². The van der Waals surface area contributed by atoms with E-state index in [0.29, 0.717) is 5.56 Å². The maximum Gasteiger partial charge on any atom is 0.290 e. The summed E-state index contributed by atoms with van der Waals surface area (Å²) in [5.41, 5.74) is 0.414. The number of aryl methyl sites for hydroxylation is 1. The second-order valence-electron chi connectivity index (χ2n) is 3.43. The lowest BCUT2D eigenvalue weighted by molar-refractivity contribution is -0.120. The van der Waals surface area contributed by atoms with Gasteiger partial charge in [0.2, 0.25) is 5.91 Å². The Labute approximate surface area is 97.6 Å². The third kappa shape index (κ3) is 3.17. The highest BCUT2D eigenvalue weighted by atomic mass is 35.5. The van der Waals surface area contributed by atoms with Crippen LogP contribution in [0.2, 0.25) is 0 Å². The lowest BCUT2D eigenvalue weighted by atomic mass is 10.0. The van der Waals surface area contributed by atoms with Gasteiger partial charge in [-0.1, -0.05) is 24.3 Å². The smallest absolute Gasteiger partial charge is 0.290 e. The maximum atomic E-state index is 13.7. The predicted octanol–water partition coefficient (Wildman–Crippen LogP) is 2.44. The van der Waals surface area contributed by atoms with Crippen LogP contribution in [0, 0.1) is 6.92 Å². The molecule has 1 rings (SSSR count). The van der Waals surface area contributed by atoms with Crippen molar-refractivity contribution < 1.29 is 13.6 Å². The third-order valence-electron chi connectivity index (χ3n) is 2.17. The summed E-state index contributed by atoms with van der Waals surface area (Å²) in [6, 6.07) is 6.18. The molecule has 0 unspecified atom stereocenters. The topological polar surface area (TPSA) is 29.1 Å². The lowest BCUT2D eigenvalue weighted by Gasteiger charge is -2.19. The molecule has 0 heterocycles. The number of nitrogens with one attached hydrogen (secondary N) is 1. The molecule has 0 saturated heterocycles. The van der Waals surface area contributed by atoms with Gasteiger partial charge in [-0.05, 0) is 12.5 Å². The Morgan fingerprint density at radius 1 is 1.44 bits per heavy atom. The van der Waals surface area contributed by atoms with Crippen molar-refractivity contribution in [3.63, 3.8) is 0 Å². The van der Waals surface area contributed by atoms with E-state index in [1.54, 1.807) is 25.1 Å². The zero-order valence-electron chi connectivity index (χ0n) is 8.77. The van der Waals surface area contributed by atoms with Crippen LogP contribution >= 0.6 is 11.6 Å². The summed E-state index contributed by atoms with van der Waals surface area (Å²) < 4.78 is 27.3. The molecule has 0 aromatic heterocycles. The predicted molar refractivity (Wildman–Crippen MR) is 58.8 cm³/mol. The minimum atomic E-state index is -3.08. The molecule has 0 aliphatic rings. The van der Waals surface area contributed by atoms with Gasteiger partial charge in [-0.2, -0.15) is 8.78 Å². The van der Waals surface area contributed by atoms with Gasteiger partial charge >= 0.3 is 0 Å². The summed E-state index contributed by atoms with van der Waals surface area (Å²) in [4.78, 5) is 10.8. The maximum absolute atomic E-state index is 13.7. The zero-order chi connectivity index (χ0) is 12.2. The van der Waals surface area contributed by atoms with Gasteiger partial charge in [0.25, 0.3) is 5.92 Å². The van der Waals surface area contributed by atoms with Gasteiger partial charge in [0, 0.05) is 5.56 Å². The Bertz CT molecular complexity index is 382. The quantitative estimate of drug-likeness (QED) is 0.814. The highest BCUT2D eigenvalue weighted by Crippen LogP contribution is 2.29. The summed E-state index contributed by atoms with van der Waals surface area (Å²) in [5.74, 6) is -3.99. The number of carbonyl (C=O) groups is 1. The molecule has 1 amide bonds. The van der Waals surface area contributed by atoms with Crippen molar-refractivity contribution in [1.29, 1.82) is 0 Å². The van der Waals surface area contributed by atoms with Crippen molar-refractivity contribution in [3.8, 4) is 0 Å². The van der Waals surface area contributed by atoms with E-state index in [9.17, 15) is 13.6 Å². The van der Waals surface area contributed by atoms with E-state index < -0.39 is 18.4 Å². The molecule has 5 heteroatoms. The van der Waals surface area contributed by atoms with Gasteiger partial charge in [0.05, 0.1) is 6.54 Å². The molecule has 0 atom stereocenters. The zero-order valence-corrected chi connectivity index (χ0v) is 9.52. The van der Waals surface area contributed by atoms with Crippen molar-refractivity contribution in [1.82, 2.24) is 5.32 Å². The Hall–Kier alpha value is -1.16. The number of hydrogen-bond donors (Lipinski definition) is 1. The largest absolute Gasteiger partial charge is 0.349 e. The molecule has 0 saturated carbocycles. The van der Waals surface area contributed by atoms with Crippen LogP contribution in [0.4, 0.5) is 8.78 Å². The monoisotopic (exact) mass is 247 g/mol. The molecule has 1 aromatic carbocycles. The molecule has 16 heavy (non-hydrogen) atoms. The molecule has 0 bridgehead atoms. The lowest BCUT2D eigenvalue weighted by Crippen LogP contribution is -2.36. The van der Waals surface area contributed by atoms with Crippen LogP contribution in [0.25, 0.3) is 0 Å². The van der Waals surface area contributed by atoms with E-state index in [4.69, 9.17) is 11.6 Å². The van der Waals surface area contributed by atoms with Gasteiger partial charge in [0.15, 0.2) is 0 Å². The number of alkyl halides is 3. The molecular formula is C11H12ClF2NO. The Morgan fingerprint density at radius 3 is 2.62 bits per heavy atom. The average Bonchev–Trinajstić information content (AvgIpc) is 2.26. The summed E-state index contributed by atoms with van der Waals surface area (Å²) in [6.45, 7) is 0.871. The first-order valence-corrected chi connectivity index (χ1v) is 5.27. The van der Waals surface area contributed by atoms with Crippen molar-refractivity contribution in [3.05, 3.63) is 35.4 Å². The summed E-state index contributed by atoms with van der Waals surface area (Å²) in [7, 11) is 0. The van der Waals surface area contributed by atoms with Crippen LogP contribution in [0.15, 0.2) is 24.3 Å². The SMILES string of the molecule is Cc1ccccc1C(F)(F)CNC(=O)CCl. The summed E-state index contributed by atoms with van der Waals surface area (Å²) in [6.07, 6.45) is 0. The van der Waals surface area contributed by atoms with Crippen LogP contribution in [0.3, 0.4) is 0 Å². The van der Waals surface area contributed by atoms with Gasteiger partial charge in [-0.15, -0.1) is 11.6 Å². The van der Waals surface area contributed by atoms with Crippen LogP contribution in [-0.2, 0) is 10.7 Å². The molecule has 2 nitrogen and oxygen atoms in total. The standard InChI is InChI=1S/C11H12ClF2NO/c1-8-4-2-3-5-9(8)11(13,14)7-15-10(16)6-12/h2-5H,6-7H2,1H3,(H,15,16). The fraction of sp³-hybridized carbons (Fsp3) is 0.364. The number of halogens is 3. The van der Waals surface area contributed by atoms with Gasteiger partial charge in [-0.3, -0.25) is 4.79 Å². The second-order valence-corrected chi connectivity index (χ2v) is 3.70. The normalized spacial score (nSPS) is 11.2. The Balaban J connectivity index is 2.77. The molecule has 0 spiro atoms. The molecule has 0 aliphatic carbocycles. The average molecular weight is 248 g/mol. The minimum Gasteiger partial charge on any atom is -0.349 e. The first-order chi connectivity index (χ1) is 7.47. The van der Waals surface area contributed by atoms with Crippen molar-refractivity contribution in [2.24, 2.45) is 0 Å². The van der Waals surface area contributed by atoms with E-state index >= 15 is 0 Å². The Morgan fingerprint density at radius 2 is 2.06 bits per heavy atom. The number of amides is 1. The summed E-state index contributed by atoms with van der Waals surface area (Å²) >= 11 is 5.20. The van der Waals surface area contributed by atoms with E-state index in [0.717, 1.165) is 0 Å². The number of benzene rings is 1. The molecule has 1 N–H and O–H groups in total. The van der Waals surface area contributed by atoms with Crippen LogP contribution in [-0.4, -0.2) is 18.3 Å². The van der Waals surface area contributed by atoms with E-state index in [2.05, 4.69) is 5.32 Å². The van der Waals surface area contributed by atoms with Gasteiger partial charge < -0.3 is 5.32 Å². The van der Waals surface area contributed by atoms with Crippen molar-refractivity contribution >= 4 is 17.5 Å². The molecular weight excluding hydrogens is 236 g/mol. The van der Waals surface area contributed by atoms with Gasteiger partial charge in [0.1, 0.15) is 5.88 Å². The molecule has 0 fully saturated rings. The Kier molecular flexibility index (Phi) is 4.24. The molecule has 0 radical (unpaired) electrons. The third-order valence-corrected chi connectivity index (χ3v) is 2.41. The van der Waals surface area contributed by atoms with E-state index in [1.807, 2.05) is 0 Å². The fourth-order valence-corrected chi connectivity index (χ4v) is 1.43. The minimum absolute atomic E-state index is 0.0788.